The van der Waals surface area contributed by atoms with Gasteiger partial charge in [0.25, 0.3) is 0 Å². The molecule has 0 amide bonds. The Morgan fingerprint density at radius 1 is 1.90 bits per heavy atom. The molecule has 0 saturated carbocycles. The molecule has 0 aliphatic rings. The number of carbonyl (C=O) groups is 1. The molecule has 0 rings (SSSR count). The topological polar surface area (TPSA) is 46.5 Å². The molecule has 0 aliphatic carbocycles. The Labute approximate surface area is 58.1 Å². The smallest absolute Gasteiger partial charge is 0.366 e. The van der Waals surface area contributed by atoms with E-state index in [4.69, 9.17) is 5.11 Å². The van der Waals surface area contributed by atoms with Gasteiger partial charge in [-0.3, -0.25) is 0 Å². The maximum Gasteiger partial charge on any atom is 0.366 e. The molecule has 0 spiro atoms. The van der Waals surface area contributed by atoms with Crippen LogP contribution in [0.3, 0.4) is 0 Å². The second kappa shape index (κ2) is 4.00. The molecule has 3 nitrogen and oxygen atoms in total. The van der Waals surface area contributed by atoms with Crippen molar-refractivity contribution in [1.82, 2.24) is 0 Å². The number of hydrogen-bond donors (Lipinski definition) is 1. The summed E-state index contributed by atoms with van der Waals surface area (Å²) in [5.74, 6) is -2.28. The van der Waals surface area contributed by atoms with Crippen LogP contribution in [-0.4, -0.2) is 23.8 Å². The van der Waals surface area contributed by atoms with Crippen molar-refractivity contribution in [2.75, 3.05) is 6.61 Å². The first-order valence-electron chi connectivity index (χ1n) is 2.74. The maximum atomic E-state index is 11.8. The van der Waals surface area contributed by atoms with Gasteiger partial charge < -0.3 is 9.84 Å². The molecule has 1 N–H and O–H groups in total. The van der Waals surface area contributed by atoms with Gasteiger partial charge in [0.1, 0.15) is 6.10 Å². The number of aliphatic hydroxyl groups excluding tert-OH is 1. The van der Waals surface area contributed by atoms with E-state index in [0.717, 1.165) is 0 Å². The van der Waals surface area contributed by atoms with Gasteiger partial charge in [-0.2, -0.15) is 4.39 Å². The monoisotopic (exact) mass is 148 g/mol. The first kappa shape index (κ1) is 9.10. The Balaban J connectivity index is 3.68. The number of aliphatic hydroxyl groups is 1. The summed E-state index contributed by atoms with van der Waals surface area (Å²) in [6.07, 6.45) is -0.681. The van der Waals surface area contributed by atoms with Crippen molar-refractivity contribution in [1.29, 1.82) is 0 Å². The lowest BCUT2D eigenvalue weighted by Crippen LogP contribution is -2.18. The third-order valence-electron chi connectivity index (χ3n) is 0.787. The molecule has 0 aliphatic heterocycles. The van der Waals surface area contributed by atoms with Crippen molar-refractivity contribution in [3.8, 4) is 0 Å². The van der Waals surface area contributed by atoms with E-state index < -0.39 is 17.9 Å². The van der Waals surface area contributed by atoms with E-state index in [1.54, 1.807) is 0 Å². The fourth-order valence-corrected chi connectivity index (χ4v) is 0.284. The molecule has 0 saturated heterocycles. The van der Waals surface area contributed by atoms with Gasteiger partial charge in [-0.1, -0.05) is 6.58 Å². The lowest BCUT2D eigenvalue weighted by Gasteiger charge is -2.07. The van der Waals surface area contributed by atoms with Crippen molar-refractivity contribution in [2.24, 2.45) is 0 Å². The molecular formula is C6H9FO3. The van der Waals surface area contributed by atoms with Crippen LogP contribution in [0.4, 0.5) is 4.39 Å². The highest BCUT2D eigenvalue weighted by molar-refractivity contribution is 5.85. The molecule has 0 bridgehead atoms. The second-order valence-electron chi connectivity index (χ2n) is 1.80. The van der Waals surface area contributed by atoms with Crippen molar-refractivity contribution in [2.45, 2.75) is 13.0 Å². The molecule has 0 aromatic rings. The van der Waals surface area contributed by atoms with Crippen LogP contribution >= 0.6 is 0 Å². The Morgan fingerprint density at radius 2 is 2.40 bits per heavy atom. The number of carbonyl (C=O) groups excluding carboxylic acids is 1. The third-order valence-corrected chi connectivity index (χ3v) is 0.787. The second-order valence-corrected chi connectivity index (χ2v) is 1.80. The largest absolute Gasteiger partial charge is 0.455 e. The zero-order chi connectivity index (χ0) is 8.15. The third kappa shape index (κ3) is 3.19. The van der Waals surface area contributed by atoms with E-state index in [0.29, 0.717) is 0 Å². The molecule has 1 unspecified atom stereocenters. The molecule has 4 heteroatoms. The van der Waals surface area contributed by atoms with E-state index in [1.165, 1.54) is 6.92 Å². The minimum absolute atomic E-state index is 0.320. The number of hydrogen-bond acceptors (Lipinski definition) is 3. The van der Waals surface area contributed by atoms with Crippen LogP contribution in [0.5, 0.6) is 0 Å². The summed E-state index contributed by atoms with van der Waals surface area (Å²) >= 11 is 0. The molecule has 0 radical (unpaired) electrons. The summed E-state index contributed by atoms with van der Waals surface area (Å²) in [5, 5.41) is 8.34. The Morgan fingerprint density at radius 3 is 2.70 bits per heavy atom. The van der Waals surface area contributed by atoms with Crippen LogP contribution in [0.1, 0.15) is 6.92 Å². The zero-order valence-corrected chi connectivity index (χ0v) is 5.63. The summed E-state index contributed by atoms with van der Waals surface area (Å²) in [4.78, 5) is 10.3. The maximum absolute atomic E-state index is 11.8. The fourth-order valence-electron chi connectivity index (χ4n) is 0.284. The van der Waals surface area contributed by atoms with Gasteiger partial charge in [0.2, 0.25) is 5.83 Å². The molecule has 10 heavy (non-hydrogen) atoms. The molecular weight excluding hydrogens is 139 g/mol. The van der Waals surface area contributed by atoms with Crippen molar-refractivity contribution in [3.63, 3.8) is 0 Å². The SMILES string of the molecule is C=C(F)C(=O)OC(C)CO. The van der Waals surface area contributed by atoms with Crippen molar-refractivity contribution >= 4 is 5.97 Å². The quantitative estimate of drug-likeness (QED) is 0.465. The highest BCUT2D eigenvalue weighted by Crippen LogP contribution is 1.98. The van der Waals surface area contributed by atoms with Crippen LogP contribution in [0, 0.1) is 0 Å². The van der Waals surface area contributed by atoms with Gasteiger partial charge in [0.05, 0.1) is 6.61 Å². The van der Waals surface area contributed by atoms with E-state index in [-0.39, 0.29) is 6.61 Å². The normalized spacial score (nSPS) is 12.3. The Kier molecular flexibility index (Phi) is 3.64. The lowest BCUT2D eigenvalue weighted by atomic mass is 10.4. The first-order chi connectivity index (χ1) is 4.57. The van der Waals surface area contributed by atoms with Crippen LogP contribution in [0.15, 0.2) is 12.4 Å². The minimum atomic E-state index is -1.15. The molecule has 0 aromatic heterocycles. The highest BCUT2D eigenvalue weighted by Gasteiger charge is 2.10. The zero-order valence-electron chi connectivity index (χ0n) is 5.63. The molecule has 0 fully saturated rings. The summed E-state index contributed by atoms with van der Waals surface area (Å²) in [5.41, 5.74) is 0. The minimum Gasteiger partial charge on any atom is -0.455 e. The fraction of sp³-hybridized carbons (Fsp3) is 0.500. The summed E-state index contributed by atoms with van der Waals surface area (Å²) in [6.45, 7) is 3.84. The number of rotatable bonds is 3. The number of esters is 1. The molecule has 58 valence electrons. The Hall–Kier alpha value is -0.900. The summed E-state index contributed by atoms with van der Waals surface area (Å²) in [7, 11) is 0. The van der Waals surface area contributed by atoms with Crippen molar-refractivity contribution < 1.29 is 19.0 Å². The molecule has 0 heterocycles. The van der Waals surface area contributed by atoms with Gasteiger partial charge >= 0.3 is 5.97 Å². The summed E-state index contributed by atoms with van der Waals surface area (Å²) < 4.78 is 16.1. The van der Waals surface area contributed by atoms with E-state index in [2.05, 4.69) is 11.3 Å². The van der Waals surface area contributed by atoms with Crippen LogP contribution in [0.25, 0.3) is 0 Å². The molecule has 1 atom stereocenters. The van der Waals surface area contributed by atoms with Gasteiger partial charge in [0, 0.05) is 0 Å². The van der Waals surface area contributed by atoms with E-state index in [9.17, 15) is 9.18 Å². The first-order valence-corrected chi connectivity index (χ1v) is 2.74. The van der Waals surface area contributed by atoms with Gasteiger partial charge in [-0.15, -0.1) is 0 Å². The molecule has 0 aromatic carbocycles. The summed E-state index contributed by atoms with van der Waals surface area (Å²) in [6, 6.07) is 0. The van der Waals surface area contributed by atoms with Gasteiger partial charge in [-0.25, -0.2) is 4.79 Å². The predicted octanol–water partition coefficient (Wildman–Crippen LogP) is 0.394. The number of halogens is 1. The van der Waals surface area contributed by atoms with Crippen LogP contribution in [0.2, 0.25) is 0 Å². The number of ether oxygens (including phenoxy) is 1. The van der Waals surface area contributed by atoms with E-state index >= 15 is 0 Å². The predicted molar refractivity (Wildman–Crippen MR) is 32.9 cm³/mol. The average molecular weight is 148 g/mol. The van der Waals surface area contributed by atoms with Crippen molar-refractivity contribution in [3.05, 3.63) is 12.4 Å². The Bertz CT molecular complexity index is 144. The van der Waals surface area contributed by atoms with Gasteiger partial charge in [0.15, 0.2) is 0 Å². The lowest BCUT2D eigenvalue weighted by molar-refractivity contribution is -0.146. The van der Waals surface area contributed by atoms with E-state index in [1.807, 2.05) is 0 Å². The van der Waals surface area contributed by atoms with Gasteiger partial charge in [-0.05, 0) is 6.92 Å². The van der Waals surface area contributed by atoms with Crippen LogP contribution in [-0.2, 0) is 9.53 Å². The standard InChI is InChI=1S/C6H9FO3/c1-4(3-8)10-6(9)5(2)7/h4,8H,2-3H2,1H3. The highest BCUT2D eigenvalue weighted by atomic mass is 19.1. The average Bonchev–Trinajstić information content (AvgIpc) is 1.87. The van der Waals surface area contributed by atoms with Crippen LogP contribution < -0.4 is 0 Å².